The molecule has 4 unspecified atom stereocenters. The van der Waals surface area contributed by atoms with Crippen LogP contribution < -0.4 is 0 Å². The molecule has 0 aromatic heterocycles. The van der Waals surface area contributed by atoms with Gasteiger partial charge in [0.05, 0.1) is 12.5 Å². The molecule has 3 rings (SSSR count). The largest absolute Gasteiger partial charge is 0.481 e. The van der Waals surface area contributed by atoms with Gasteiger partial charge in [0.25, 0.3) is 0 Å². The average Bonchev–Trinajstić information content (AvgIpc) is 2.92. The lowest BCUT2D eigenvalue weighted by molar-refractivity contribution is -0.139. The summed E-state index contributed by atoms with van der Waals surface area (Å²) in [5.74, 6) is 4.41. The summed E-state index contributed by atoms with van der Waals surface area (Å²) in [6, 6.07) is 14.1. The number of fused-ring (bicyclic) bond motifs is 1. The van der Waals surface area contributed by atoms with E-state index in [1.165, 1.54) is 0 Å². The summed E-state index contributed by atoms with van der Waals surface area (Å²) in [5.41, 5.74) is 1.01. The Kier molecular flexibility index (Phi) is 5.37. The van der Waals surface area contributed by atoms with Crippen LogP contribution in [0.1, 0.15) is 24.8 Å². The minimum absolute atomic E-state index is 0.0821. The molecule has 0 aliphatic heterocycles. The van der Waals surface area contributed by atoms with Crippen LogP contribution in [-0.2, 0) is 11.2 Å². The molecule has 0 bridgehead atoms. The van der Waals surface area contributed by atoms with E-state index in [2.05, 4.69) is 11.8 Å². The van der Waals surface area contributed by atoms with Crippen LogP contribution in [0.25, 0.3) is 10.8 Å². The highest BCUT2D eigenvalue weighted by Crippen LogP contribution is 2.34. The molecule has 0 spiro atoms. The molecule has 130 valence electrons. The van der Waals surface area contributed by atoms with Gasteiger partial charge in [0, 0.05) is 18.3 Å². The number of aliphatic carboxylic acids is 1. The molecule has 1 aliphatic carbocycles. The van der Waals surface area contributed by atoms with Gasteiger partial charge in [0.2, 0.25) is 0 Å². The number of hydrogen-bond donors (Lipinski definition) is 3. The minimum atomic E-state index is -0.922. The maximum absolute atomic E-state index is 10.9. The summed E-state index contributed by atoms with van der Waals surface area (Å²) in [4.78, 5) is 10.9. The van der Waals surface area contributed by atoms with Crippen molar-refractivity contribution in [1.82, 2.24) is 0 Å². The van der Waals surface area contributed by atoms with Crippen LogP contribution >= 0.6 is 0 Å². The van der Waals surface area contributed by atoms with Crippen LogP contribution in [0.2, 0.25) is 0 Å². The maximum Gasteiger partial charge on any atom is 0.303 e. The van der Waals surface area contributed by atoms with Gasteiger partial charge < -0.3 is 15.3 Å². The highest BCUT2D eigenvalue weighted by Gasteiger charge is 2.35. The first-order valence-electron chi connectivity index (χ1n) is 8.59. The van der Waals surface area contributed by atoms with Crippen LogP contribution in [0, 0.1) is 23.7 Å². The highest BCUT2D eigenvalue weighted by atomic mass is 16.4. The summed E-state index contributed by atoms with van der Waals surface area (Å²) < 4.78 is 0. The predicted molar refractivity (Wildman–Crippen MR) is 95.9 cm³/mol. The summed E-state index contributed by atoms with van der Waals surface area (Å²) >= 11 is 0. The molecule has 0 saturated heterocycles. The van der Waals surface area contributed by atoms with Crippen LogP contribution in [0.5, 0.6) is 0 Å². The molecular formula is C21H22O4. The fourth-order valence-corrected chi connectivity index (χ4v) is 3.55. The van der Waals surface area contributed by atoms with E-state index in [-0.39, 0.29) is 18.3 Å². The van der Waals surface area contributed by atoms with Gasteiger partial charge in [-0.3, -0.25) is 4.79 Å². The number of carboxylic acid groups (broad SMARTS) is 1. The Labute approximate surface area is 147 Å². The quantitative estimate of drug-likeness (QED) is 0.749. The normalized spacial score (nSPS) is 23.8. The van der Waals surface area contributed by atoms with Crippen LogP contribution in [0.3, 0.4) is 0 Å². The number of aliphatic hydroxyl groups is 2. The Bertz CT molecular complexity index is 817. The minimum Gasteiger partial charge on any atom is -0.481 e. The zero-order valence-corrected chi connectivity index (χ0v) is 13.9. The molecule has 4 atom stereocenters. The van der Waals surface area contributed by atoms with Crippen molar-refractivity contribution in [2.24, 2.45) is 11.8 Å². The molecule has 2 aromatic carbocycles. The standard InChI is InChI=1S/C21H22O4/c22-18(9-7-16-8-10-20(23)19(16)13-21(24)25)12-14-5-6-15-3-1-2-4-17(15)11-14/h1-6,11,16,18-20,22-23H,8,10,12-13H2,(H,24,25). The smallest absolute Gasteiger partial charge is 0.303 e. The zero-order chi connectivity index (χ0) is 17.8. The molecule has 25 heavy (non-hydrogen) atoms. The van der Waals surface area contributed by atoms with Gasteiger partial charge >= 0.3 is 5.97 Å². The molecule has 1 saturated carbocycles. The van der Waals surface area contributed by atoms with E-state index >= 15 is 0 Å². The summed E-state index contributed by atoms with van der Waals surface area (Å²) in [6.07, 6.45) is 0.169. The van der Waals surface area contributed by atoms with Gasteiger partial charge in [-0.1, -0.05) is 54.3 Å². The molecule has 2 aromatic rings. The molecule has 4 nitrogen and oxygen atoms in total. The van der Waals surface area contributed by atoms with Crippen molar-refractivity contribution < 1.29 is 20.1 Å². The molecule has 3 N–H and O–H groups in total. The third kappa shape index (κ3) is 4.39. The van der Waals surface area contributed by atoms with E-state index in [0.717, 1.165) is 16.3 Å². The number of benzene rings is 2. The van der Waals surface area contributed by atoms with Crippen LogP contribution in [0.15, 0.2) is 42.5 Å². The van der Waals surface area contributed by atoms with E-state index in [1.54, 1.807) is 0 Å². The molecular weight excluding hydrogens is 316 g/mol. The topological polar surface area (TPSA) is 77.8 Å². The molecule has 1 aliphatic rings. The van der Waals surface area contributed by atoms with E-state index in [0.29, 0.717) is 19.3 Å². The summed E-state index contributed by atoms with van der Waals surface area (Å²) in [7, 11) is 0. The first-order chi connectivity index (χ1) is 12.0. The van der Waals surface area contributed by atoms with Crippen molar-refractivity contribution >= 4 is 16.7 Å². The van der Waals surface area contributed by atoms with E-state index < -0.39 is 18.2 Å². The Hall–Kier alpha value is -2.35. The summed E-state index contributed by atoms with van der Waals surface area (Å²) in [6.45, 7) is 0. The van der Waals surface area contributed by atoms with Crippen molar-refractivity contribution in [2.45, 2.75) is 37.9 Å². The van der Waals surface area contributed by atoms with Gasteiger partial charge in [-0.05, 0) is 29.2 Å². The van der Waals surface area contributed by atoms with E-state index in [1.807, 2.05) is 42.5 Å². The third-order valence-corrected chi connectivity index (χ3v) is 4.87. The number of hydrogen-bond acceptors (Lipinski definition) is 3. The van der Waals surface area contributed by atoms with Crippen LogP contribution in [-0.4, -0.2) is 33.5 Å². The Balaban J connectivity index is 1.66. The molecule has 0 amide bonds. The Morgan fingerprint density at radius 2 is 1.92 bits per heavy atom. The van der Waals surface area contributed by atoms with Crippen molar-refractivity contribution in [3.63, 3.8) is 0 Å². The number of rotatable bonds is 4. The first-order valence-corrected chi connectivity index (χ1v) is 8.59. The van der Waals surface area contributed by atoms with Gasteiger partial charge in [0.15, 0.2) is 0 Å². The number of carboxylic acids is 1. The Morgan fingerprint density at radius 3 is 2.68 bits per heavy atom. The van der Waals surface area contributed by atoms with Crippen molar-refractivity contribution in [2.75, 3.05) is 0 Å². The van der Waals surface area contributed by atoms with Gasteiger partial charge in [-0.2, -0.15) is 0 Å². The molecule has 4 heteroatoms. The van der Waals surface area contributed by atoms with Crippen molar-refractivity contribution in [3.8, 4) is 11.8 Å². The lowest BCUT2D eigenvalue weighted by atomic mass is 9.91. The van der Waals surface area contributed by atoms with E-state index in [9.17, 15) is 15.0 Å². The molecule has 0 radical (unpaired) electrons. The average molecular weight is 338 g/mol. The molecule has 0 heterocycles. The first kappa shape index (κ1) is 17.5. The predicted octanol–water partition coefficient (Wildman–Crippen LogP) is 2.61. The number of carbonyl (C=O) groups is 1. The Morgan fingerprint density at radius 1 is 1.16 bits per heavy atom. The second kappa shape index (κ2) is 7.69. The zero-order valence-electron chi connectivity index (χ0n) is 13.9. The van der Waals surface area contributed by atoms with Crippen molar-refractivity contribution in [3.05, 3.63) is 48.0 Å². The monoisotopic (exact) mass is 338 g/mol. The summed E-state index contributed by atoms with van der Waals surface area (Å²) in [5, 5.41) is 31.4. The van der Waals surface area contributed by atoms with Crippen LogP contribution in [0.4, 0.5) is 0 Å². The SMILES string of the molecule is O=C(O)CC1C(O)CCC1C#CC(O)Cc1ccc2ccccc2c1. The third-order valence-electron chi connectivity index (χ3n) is 4.87. The fourth-order valence-electron chi connectivity index (χ4n) is 3.55. The second-order valence-electron chi connectivity index (χ2n) is 6.70. The van der Waals surface area contributed by atoms with Gasteiger partial charge in [-0.25, -0.2) is 0 Å². The van der Waals surface area contributed by atoms with Gasteiger partial charge in [-0.15, -0.1) is 0 Å². The highest BCUT2D eigenvalue weighted by molar-refractivity contribution is 5.83. The molecule has 1 fully saturated rings. The van der Waals surface area contributed by atoms with Crippen molar-refractivity contribution in [1.29, 1.82) is 0 Å². The lowest BCUT2D eigenvalue weighted by Gasteiger charge is -2.15. The second-order valence-corrected chi connectivity index (χ2v) is 6.70. The maximum atomic E-state index is 10.9. The number of aliphatic hydroxyl groups excluding tert-OH is 2. The fraction of sp³-hybridized carbons (Fsp3) is 0.381. The van der Waals surface area contributed by atoms with E-state index in [4.69, 9.17) is 5.11 Å². The van der Waals surface area contributed by atoms with Gasteiger partial charge in [0.1, 0.15) is 6.10 Å². The lowest BCUT2D eigenvalue weighted by Crippen LogP contribution is -2.22.